The molecule has 0 fully saturated rings. The largest absolute Gasteiger partial charge is 0.368 e. The fraction of sp³-hybridized carbons (Fsp3) is 0.182. The number of rotatable bonds is 1. The Bertz CT molecular complexity index is 490. The van der Waals surface area contributed by atoms with Crippen LogP contribution in [0.1, 0.15) is 7.43 Å². The van der Waals surface area contributed by atoms with Gasteiger partial charge in [0.1, 0.15) is 10.1 Å². The Morgan fingerprint density at radius 3 is 1.57 bits per heavy atom. The van der Waals surface area contributed by atoms with Gasteiger partial charge in [-0.15, -0.1) is 0 Å². The molecule has 0 radical (unpaired) electrons. The monoisotopic (exact) mass is 943 g/mol. The first-order chi connectivity index (χ1) is 9.75. The molecule has 0 amide bonds. The molecule has 2 heterocycles. The molecule has 5 nitrogen and oxygen atoms in total. The summed E-state index contributed by atoms with van der Waals surface area (Å²) in [4.78, 5) is 5.10. The van der Waals surface area contributed by atoms with Crippen molar-refractivity contribution in [2.45, 2.75) is 12.3 Å². The molecule has 2 N–H and O–H groups in total. The van der Waals surface area contributed by atoms with Gasteiger partial charge in [-0.3, -0.25) is 0 Å². The van der Waals surface area contributed by atoms with Crippen molar-refractivity contribution in [2.24, 2.45) is 0 Å². The normalized spacial score (nSPS) is 8.48. The van der Waals surface area contributed by atoms with E-state index in [1.54, 1.807) is 0 Å². The van der Waals surface area contributed by atoms with Gasteiger partial charge in [-0.05, 0) is 18.2 Å². The maximum absolute atomic E-state index is 10.1. The number of H-pyrrole nitrogens is 2. The van der Waals surface area contributed by atoms with Gasteiger partial charge in [0, 0.05) is 24.8 Å². The van der Waals surface area contributed by atoms with E-state index in [9.17, 15) is 13.0 Å². The Labute approximate surface area is 209 Å². The molecule has 2 rings (SSSR count). The van der Waals surface area contributed by atoms with Crippen molar-refractivity contribution < 1.29 is 22.4 Å². The van der Waals surface area contributed by atoms with E-state index in [1.165, 1.54) is 12.3 Å². The molecule has 0 unspecified atom stereocenters. The average Bonchev–Trinajstić information content (AvgIpc) is 3.06. The van der Waals surface area contributed by atoms with Crippen molar-refractivity contribution in [1.29, 1.82) is 0 Å². The van der Waals surface area contributed by atoms with Crippen molar-refractivity contribution in [3.05, 3.63) is 50.4 Å². The molecule has 0 aliphatic carbocycles. The van der Waals surface area contributed by atoms with Crippen LogP contribution in [0.15, 0.2) is 47.9 Å². The van der Waals surface area contributed by atoms with Gasteiger partial charge in [0.2, 0.25) is 0 Å². The molecular formula is C11H17I5N2O3SV-2. The van der Waals surface area contributed by atoms with E-state index in [0.29, 0.717) is 9.47 Å². The number of hydrogen-bond donors (Lipinski definition) is 2. The maximum atomic E-state index is 10.1. The Balaban J connectivity index is -0.000000112. The zero-order chi connectivity index (χ0) is 16.7. The quantitative estimate of drug-likeness (QED) is 0.151. The predicted molar refractivity (Wildman–Crippen MR) is 137 cm³/mol. The average molecular weight is 943 g/mol. The van der Waals surface area contributed by atoms with E-state index in [0.717, 1.165) is 6.13 Å². The summed E-state index contributed by atoms with van der Waals surface area (Å²) in [5.41, 5.74) is 0. The van der Waals surface area contributed by atoms with Gasteiger partial charge in [-0.25, -0.2) is 8.42 Å². The number of halogens is 5. The first-order valence-electron chi connectivity index (χ1n) is 4.76. The second-order valence-electron chi connectivity index (χ2n) is 2.70. The summed E-state index contributed by atoms with van der Waals surface area (Å²) >= 11 is 11.7. The summed E-state index contributed by atoms with van der Waals surface area (Å²) in [5.74, 6) is 0. The van der Waals surface area contributed by atoms with Crippen LogP contribution in [0.4, 0.5) is 0 Å². The standard InChI is InChI=1S/C4H5NO3S.C4H5N.CHI3.CH4.CH3.2HI.V/c6-9(7,8)4-1-2-5-3-4;1-2-4-5-3-1;2-1(3)4;;;;;/h1-3,5H,(H,6,7,8);1-5H;1H;1H4;1H3;2*1H;/q;;;;-1;;;+2/p-3. The van der Waals surface area contributed by atoms with E-state index in [2.05, 4.69) is 118 Å². The van der Waals surface area contributed by atoms with Crippen LogP contribution in [-0.4, -0.2) is 22.9 Å². The van der Waals surface area contributed by atoms with Crippen LogP contribution in [0.3, 0.4) is 0 Å². The molecule has 12 heteroatoms. The van der Waals surface area contributed by atoms with E-state index in [4.69, 9.17) is 0 Å². The molecule has 0 aliphatic heterocycles. The second-order valence-corrected chi connectivity index (χ2v) is 26.8. The molecule has 0 saturated carbocycles. The first-order valence-corrected chi connectivity index (χ1v) is 18.9. The van der Waals surface area contributed by atoms with Gasteiger partial charge in [-0.1, -0.05) is 75.2 Å². The molecule has 0 aliphatic rings. The minimum Gasteiger partial charge on any atom is -0.368 e. The molecule has 137 valence electrons. The third-order valence-corrected chi connectivity index (χ3v) is 2.19. The zero-order valence-electron chi connectivity index (χ0n) is 11.1. The molecule has 0 aromatic carbocycles. The van der Waals surface area contributed by atoms with E-state index in [1.807, 2.05) is 24.5 Å². The summed E-state index contributed by atoms with van der Waals surface area (Å²) in [6.45, 7) is 0. The molecular weight excluding hydrogens is 926 g/mol. The van der Waals surface area contributed by atoms with Gasteiger partial charge in [0.05, 0.1) is 4.90 Å². The van der Waals surface area contributed by atoms with Gasteiger partial charge in [-0.2, -0.15) is 0 Å². The van der Waals surface area contributed by atoms with Crippen LogP contribution in [0.5, 0.6) is 0 Å². The number of alkyl halides is 3. The van der Waals surface area contributed by atoms with Crippen LogP contribution in [0, 0.1) is 7.43 Å². The van der Waals surface area contributed by atoms with E-state index in [-0.39, 0.29) is 19.7 Å². The molecule has 0 saturated heterocycles. The van der Waals surface area contributed by atoms with Crippen LogP contribution in [0.2, 0.25) is 0 Å². The topological polar surface area (TPSA) is 88.8 Å². The summed E-state index contributed by atoms with van der Waals surface area (Å²) < 4.78 is 31.1. The van der Waals surface area contributed by atoms with Crippen LogP contribution in [0.25, 0.3) is 0 Å². The number of aromatic nitrogens is 2. The van der Waals surface area contributed by atoms with Crippen molar-refractivity contribution in [1.82, 2.24) is 9.97 Å². The van der Waals surface area contributed by atoms with Crippen molar-refractivity contribution in [3.63, 3.8) is 0 Å². The Morgan fingerprint density at radius 2 is 1.43 bits per heavy atom. The Hall–Kier alpha value is 2.70. The fourth-order valence-corrected chi connectivity index (χ4v) is 1.19. The van der Waals surface area contributed by atoms with Crippen LogP contribution < -0.4 is 0 Å². The molecule has 2 aromatic heterocycles. The number of nitrogens with one attached hydrogen (secondary N) is 2. The molecule has 0 spiro atoms. The summed E-state index contributed by atoms with van der Waals surface area (Å²) in [6.07, 6.45) is 6.27. The molecule has 0 bridgehead atoms. The fourth-order valence-electron chi connectivity index (χ4n) is 0.742. The van der Waals surface area contributed by atoms with Crippen LogP contribution in [-0.2, 0) is 19.6 Å². The first kappa shape index (κ1) is 33.3. The van der Waals surface area contributed by atoms with Crippen molar-refractivity contribution in [3.8, 4) is 0 Å². The van der Waals surface area contributed by atoms with Crippen molar-refractivity contribution in [2.75, 3.05) is 0 Å². The Kier molecular flexibility index (Phi) is 32.9. The van der Waals surface area contributed by atoms with Gasteiger partial charge in [0.15, 0.2) is 0 Å². The third-order valence-electron chi connectivity index (χ3n) is 1.35. The zero-order valence-corrected chi connectivity index (χ0v) is 24.1. The summed E-state index contributed by atoms with van der Waals surface area (Å²) in [7, 11) is -3.61. The van der Waals surface area contributed by atoms with Crippen LogP contribution >= 0.6 is 108 Å². The number of hydrogen-bond acceptors (Lipinski definition) is 3. The number of aromatic amines is 2. The van der Waals surface area contributed by atoms with E-state index < -0.39 is 10.1 Å². The van der Waals surface area contributed by atoms with Gasteiger partial charge < -0.3 is 21.9 Å². The molecule has 2 aromatic rings. The van der Waals surface area contributed by atoms with Crippen molar-refractivity contribution >= 4 is 118 Å². The maximum Gasteiger partial charge on any atom is 0.000496 e. The Morgan fingerprint density at radius 1 is 1.04 bits per heavy atom. The minimum absolute atomic E-state index is 0. The minimum atomic E-state index is -4.24. The van der Waals surface area contributed by atoms with Gasteiger partial charge >= 0.3 is 49.4 Å². The smallest absolute Gasteiger partial charge is 0.000496 e. The predicted octanol–water partition coefficient (Wildman–Crippen LogP) is 6.36. The molecule has 0 atom stereocenters. The molecule has 23 heavy (non-hydrogen) atoms. The second kappa shape index (κ2) is 22.7. The van der Waals surface area contributed by atoms with E-state index >= 15 is 0 Å². The SMILES string of the molecule is C.IC(I)I.O=S(=O)([O-])c1cc[nH]c1.[CH3-].[I][V][I].c1cc[nH]c1. The third kappa shape index (κ3) is 29.7. The van der Waals surface area contributed by atoms with Gasteiger partial charge in [0.25, 0.3) is 0 Å². The summed E-state index contributed by atoms with van der Waals surface area (Å²) in [6, 6.07) is 5.10. The summed E-state index contributed by atoms with van der Waals surface area (Å²) in [5, 5.41) is 0.